The normalized spacial score (nSPS) is 42.1. The Bertz CT molecular complexity index is 1410. The highest BCUT2D eigenvalue weighted by Crippen LogP contribution is 2.39. The highest BCUT2D eigenvalue weighted by Gasteiger charge is 2.57. The molecule has 4 rings (SSSR count). The van der Waals surface area contributed by atoms with Crippen molar-refractivity contribution in [3.05, 3.63) is 23.3 Å². The molecule has 14 atom stereocenters. The number of carbonyl (C=O) groups is 4. The van der Waals surface area contributed by atoms with Gasteiger partial charge in [0, 0.05) is 44.9 Å². The molecule has 1 saturated carbocycles. The molecule has 0 aromatic heterocycles. The Morgan fingerprint density at radius 3 is 2.29 bits per heavy atom. The van der Waals surface area contributed by atoms with Crippen LogP contribution in [0.3, 0.4) is 0 Å². The molecule has 2 saturated heterocycles. The average molecular weight is 778 g/mol. The van der Waals surface area contributed by atoms with E-state index in [2.05, 4.69) is 0 Å². The lowest BCUT2D eigenvalue weighted by Gasteiger charge is -2.38. The second kappa shape index (κ2) is 19.8. The van der Waals surface area contributed by atoms with Crippen molar-refractivity contribution in [3.63, 3.8) is 0 Å². The molecule has 1 aliphatic carbocycles. The maximum atomic E-state index is 14.2. The lowest BCUT2D eigenvalue weighted by Crippen LogP contribution is -2.57. The number of Topliss-reactive ketones (excluding diaryl/α,β-unsaturated/α-hetero) is 2. The van der Waals surface area contributed by atoms with Gasteiger partial charge in [0.25, 0.3) is 11.7 Å². The molecule has 4 aliphatic rings. The molecule has 3 fully saturated rings. The molecular weight excluding hydrogens is 710 g/mol. The molecule has 0 aromatic carbocycles. The standard InChI is InChI=1S/C42H67NO12/c1-9-29-17-23(2)16-24(3)18-35(53-8)37(47)36-20-26(5)42(51,55-36)39(48)40(49)43-15-11-10-12-30(43)41(50)54-38(27(6)32(45)22-33(29)46)25(4)19-28-13-14-31(44)34(21-28)52-7/h17,19,24,26-32,34-38,44-45,47,51H,9-16,18,20-22H2,1-8H3/b23-17-,25-19+. The predicted molar refractivity (Wildman–Crippen MR) is 203 cm³/mol. The van der Waals surface area contributed by atoms with E-state index in [4.69, 9.17) is 18.9 Å². The van der Waals surface area contributed by atoms with E-state index >= 15 is 0 Å². The summed E-state index contributed by atoms with van der Waals surface area (Å²) in [4.78, 5) is 56.9. The second-order valence-electron chi connectivity index (χ2n) is 16.9. The molecule has 0 spiro atoms. The number of amides is 1. The Balaban J connectivity index is 1.73. The van der Waals surface area contributed by atoms with Crippen molar-refractivity contribution in [3.8, 4) is 0 Å². The molecule has 0 aromatic rings. The van der Waals surface area contributed by atoms with E-state index < -0.39 is 83.9 Å². The Hall–Kier alpha value is -2.52. The zero-order chi connectivity index (χ0) is 40.8. The number of methoxy groups -OCH3 is 2. The summed E-state index contributed by atoms with van der Waals surface area (Å²) in [6.07, 6.45) is 2.46. The van der Waals surface area contributed by atoms with Crippen molar-refractivity contribution in [1.29, 1.82) is 0 Å². The van der Waals surface area contributed by atoms with Crippen LogP contribution in [0.15, 0.2) is 23.3 Å². The van der Waals surface area contributed by atoms with E-state index in [1.54, 1.807) is 21.0 Å². The maximum Gasteiger partial charge on any atom is 0.329 e. The van der Waals surface area contributed by atoms with Crippen molar-refractivity contribution >= 4 is 23.4 Å². The van der Waals surface area contributed by atoms with Crippen LogP contribution < -0.4 is 0 Å². The first-order valence-electron chi connectivity index (χ1n) is 20.4. The third-order valence-corrected chi connectivity index (χ3v) is 12.6. The third-order valence-electron chi connectivity index (χ3n) is 12.6. The predicted octanol–water partition coefficient (Wildman–Crippen LogP) is 3.82. The largest absolute Gasteiger partial charge is 0.456 e. The summed E-state index contributed by atoms with van der Waals surface area (Å²) in [5.74, 6) is -7.73. The average Bonchev–Trinajstić information content (AvgIpc) is 3.47. The zero-order valence-electron chi connectivity index (χ0n) is 34.1. The highest BCUT2D eigenvalue weighted by atomic mass is 16.7. The van der Waals surface area contributed by atoms with E-state index in [1.165, 1.54) is 7.11 Å². The van der Waals surface area contributed by atoms with E-state index in [1.807, 2.05) is 39.8 Å². The molecule has 13 nitrogen and oxygen atoms in total. The Labute approximate surface area is 326 Å². The summed E-state index contributed by atoms with van der Waals surface area (Å²) in [5.41, 5.74) is 1.63. The third kappa shape index (κ3) is 10.7. The number of hydrogen-bond acceptors (Lipinski definition) is 12. The van der Waals surface area contributed by atoms with Crippen molar-refractivity contribution in [1.82, 2.24) is 4.90 Å². The number of carbonyl (C=O) groups excluding carboxylic acids is 4. The fraction of sp³-hybridized carbons (Fsp3) is 0.810. The smallest absolute Gasteiger partial charge is 0.329 e. The summed E-state index contributed by atoms with van der Waals surface area (Å²) in [5, 5.41) is 45.1. The fourth-order valence-electron chi connectivity index (χ4n) is 9.17. The first-order valence-corrected chi connectivity index (χ1v) is 20.4. The summed E-state index contributed by atoms with van der Waals surface area (Å²) in [7, 11) is 3.03. The van der Waals surface area contributed by atoms with E-state index in [9.17, 15) is 39.6 Å². The van der Waals surface area contributed by atoms with Gasteiger partial charge in [0.15, 0.2) is 0 Å². The van der Waals surface area contributed by atoms with Gasteiger partial charge in [0.05, 0.1) is 30.5 Å². The Morgan fingerprint density at radius 1 is 0.945 bits per heavy atom. The van der Waals surface area contributed by atoms with Gasteiger partial charge in [-0.2, -0.15) is 0 Å². The first kappa shape index (κ1) is 45.2. The van der Waals surface area contributed by atoms with Crippen LogP contribution in [0.25, 0.3) is 0 Å². The van der Waals surface area contributed by atoms with Gasteiger partial charge in [-0.15, -0.1) is 0 Å². The van der Waals surface area contributed by atoms with Crippen LogP contribution in [-0.4, -0.2) is 124 Å². The van der Waals surface area contributed by atoms with Crippen LogP contribution in [0.4, 0.5) is 0 Å². The van der Waals surface area contributed by atoms with E-state index in [-0.39, 0.29) is 49.5 Å². The number of fused-ring (bicyclic) bond motifs is 3. The Kier molecular flexibility index (Phi) is 16.2. The molecule has 3 heterocycles. The van der Waals surface area contributed by atoms with Crippen LogP contribution in [0.1, 0.15) is 112 Å². The van der Waals surface area contributed by atoms with Gasteiger partial charge in [-0.3, -0.25) is 14.4 Å². The van der Waals surface area contributed by atoms with Gasteiger partial charge in [-0.25, -0.2) is 4.79 Å². The number of esters is 1. The molecule has 312 valence electrons. The summed E-state index contributed by atoms with van der Waals surface area (Å²) >= 11 is 0. The van der Waals surface area contributed by atoms with Gasteiger partial charge < -0.3 is 44.3 Å². The molecule has 3 aliphatic heterocycles. The van der Waals surface area contributed by atoms with Gasteiger partial charge in [0.2, 0.25) is 5.79 Å². The molecular formula is C42H67NO12. The van der Waals surface area contributed by atoms with Crippen LogP contribution >= 0.6 is 0 Å². The van der Waals surface area contributed by atoms with E-state index in [0.717, 1.165) is 10.5 Å². The number of ketones is 2. The molecule has 2 bridgehead atoms. The quantitative estimate of drug-likeness (QED) is 0.180. The number of ether oxygens (including phenoxy) is 4. The van der Waals surface area contributed by atoms with Gasteiger partial charge in [-0.1, -0.05) is 45.4 Å². The van der Waals surface area contributed by atoms with Crippen LogP contribution in [0.2, 0.25) is 0 Å². The van der Waals surface area contributed by atoms with Crippen LogP contribution in [-0.2, 0) is 38.1 Å². The summed E-state index contributed by atoms with van der Waals surface area (Å²) in [6.45, 7) is 11.1. The second-order valence-corrected chi connectivity index (χ2v) is 16.9. The van der Waals surface area contributed by atoms with Crippen LogP contribution in [0, 0.1) is 29.6 Å². The molecule has 13 heteroatoms. The van der Waals surface area contributed by atoms with Crippen molar-refractivity contribution in [2.75, 3.05) is 20.8 Å². The minimum Gasteiger partial charge on any atom is -0.456 e. The molecule has 14 unspecified atom stereocenters. The zero-order valence-corrected chi connectivity index (χ0v) is 34.1. The number of piperidine rings is 1. The lowest BCUT2D eigenvalue weighted by atomic mass is 9.81. The highest BCUT2D eigenvalue weighted by molar-refractivity contribution is 6.39. The number of hydrogen-bond donors (Lipinski definition) is 4. The number of allylic oxidation sites excluding steroid dienone is 3. The maximum absolute atomic E-state index is 14.2. The molecule has 55 heavy (non-hydrogen) atoms. The molecule has 4 N–H and O–H groups in total. The number of cyclic esters (lactones) is 1. The van der Waals surface area contributed by atoms with Crippen molar-refractivity contribution in [2.24, 2.45) is 29.6 Å². The number of aliphatic hydroxyl groups is 4. The number of aliphatic hydroxyl groups excluding tert-OH is 3. The number of rotatable bonds is 5. The SMILES string of the molecule is CCC1/C=C(/C)CC(C)CC(OC)C(O)C2CC(C)C(O)(O2)C(=O)C(=O)N2CCCCC2C(=O)OC(/C(C)=C/C2CCC(O)C(OC)C2)C(C)C(O)CC1=O. The topological polar surface area (TPSA) is 189 Å². The number of nitrogens with zero attached hydrogens (tertiary/aromatic N) is 1. The first-order chi connectivity index (χ1) is 25.9. The fourth-order valence-corrected chi connectivity index (χ4v) is 9.17. The minimum atomic E-state index is -2.52. The lowest BCUT2D eigenvalue weighted by molar-refractivity contribution is -0.225. The summed E-state index contributed by atoms with van der Waals surface area (Å²) in [6, 6.07) is -1.15. The summed E-state index contributed by atoms with van der Waals surface area (Å²) < 4.78 is 23.3. The minimum absolute atomic E-state index is 0.00613. The Morgan fingerprint density at radius 2 is 1.64 bits per heavy atom. The van der Waals surface area contributed by atoms with E-state index in [0.29, 0.717) is 56.9 Å². The molecule has 1 amide bonds. The van der Waals surface area contributed by atoms with Gasteiger partial charge in [-0.05, 0) is 95.5 Å². The van der Waals surface area contributed by atoms with Gasteiger partial charge >= 0.3 is 5.97 Å². The van der Waals surface area contributed by atoms with Crippen molar-refractivity contribution in [2.45, 2.75) is 167 Å². The van der Waals surface area contributed by atoms with Gasteiger partial charge in [0.1, 0.15) is 24.0 Å². The van der Waals surface area contributed by atoms with Crippen molar-refractivity contribution < 1.29 is 58.6 Å². The van der Waals surface area contributed by atoms with Crippen LogP contribution in [0.5, 0.6) is 0 Å². The molecule has 0 radical (unpaired) electrons. The monoisotopic (exact) mass is 777 g/mol.